The Morgan fingerprint density at radius 2 is 1.59 bits per heavy atom. The third kappa shape index (κ3) is 5.18. The third-order valence-corrected chi connectivity index (χ3v) is 7.37. The van der Waals surface area contributed by atoms with Gasteiger partial charge in [0.05, 0.1) is 4.90 Å². The van der Waals surface area contributed by atoms with Crippen molar-refractivity contribution in [1.29, 1.82) is 0 Å². The van der Waals surface area contributed by atoms with Crippen LogP contribution in [0.1, 0.15) is 37.2 Å². The highest BCUT2D eigenvalue weighted by Crippen LogP contribution is 2.29. The van der Waals surface area contributed by atoms with Crippen LogP contribution in [-0.4, -0.2) is 46.0 Å². The molecule has 1 atom stereocenters. The zero-order chi connectivity index (χ0) is 20.3. The van der Waals surface area contributed by atoms with E-state index in [1.807, 2.05) is 12.1 Å². The Bertz CT molecular complexity index is 891. The molecule has 2 heterocycles. The van der Waals surface area contributed by atoms with Crippen LogP contribution in [-0.2, 0) is 10.0 Å². The fourth-order valence-corrected chi connectivity index (χ4v) is 5.32. The second kappa shape index (κ2) is 8.86. The van der Waals surface area contributed by atoms with Gasteiger partial charge in [0, 0.05) is 31.9 Å². The van der Waals surface area contributed by atoms with Crippen LogP contribution in [0.15, 0.2) is 59.5 Å². The van der Waals surface area contributed by atoms with Crippen molar-refractivity contribution >= 4 is 15.7 Å². The van der Waals surface area contributed by atoms with Crippen LogP contribution in [0.25, 0.3) is 0 Å². The summed E-state index contributed by atoms with van der Waals surface area (Å²) in [6, 6.07) is 17.9. The summed E-state index contributed by atoms with van der Waals surface area (Å²) in [6.07, 6.45) is 4.95. The van der Waals surface area contributed by atoms with E-state index in [4.69, 9.17) is 5.14 Å². The van der Waals surface area contributed by atoms with Gasteiger partial charge in [-0.05, 0) is 73.9 Å². The summed E-state index contributed by atoms with van der Waals surface area (Å²) >= 11 is 0. The molecule has 1 unspecified atom stereocenters. The number of likely N-dealkylation sites (tertiary alicyclic amines) is 1. The van der Waals surface area contributed by atoms with Crippen molar-refractivity contribution in [3.8, 4) is 0 Å². The molecule has 2 N–H and O–H groups in total. The summed E-state index contributed by atoms with van der Waals surface area (Å²) in [5, 5.41) is 5.19. The zero-order valence-electron chi connectivity index (χ0n) is 16.9. The molecule has 2 aliphatic rings. The van der Waals surface area contributed by atoms with E-state index in [0.29, 0.717) is 5.92 Å². The molecular weight excluding hydrogens is 382 g/mol. The molecule has 2 aliphatic heterocycles. The topological polar surface area (TPSA) is 66.6 Å². The van der Waals surface area contributed by atoms with Gasteiger partial charge < -0.3 is 9.80 Å². The first-order valence-electron chi connectivity index (χ1n) is 10.6. The Morgan fingerprint density at radius 3 is 2.24 bits per heavy atom. The molecule has 2 aromatic rings. The highest BCUT2D eigenvalue weighted by molar-refractivity contribution is 7.89. The minimum Gasteiger partial charge on any atom is -0.372 e. The molecule has 4 rings (SSSR count). The molecule has 156 valence electrons. The molecule has 0 aliphatic carbocycles. The number of anilines is 1. The molecule has 2 aromatic carbocycles. The molecule has 29 heavy (non-hydrogen) atoms. The third-order valence-electron chi connectivity index (χ3n) is 6.44. The van der Waals surface area contributed by atoms with E-state index in [-0.39, 0.29) is 4.90 Å². The van der Waals surface area contributed by atoms with E-state index in [9.17, 15) is 8.42 Å². The predicted molar refractivity (Wildman–Crippen MR) is 118 cm³/mol. The first-order valence-corrected chi connectivity index (χ1v) is 12.2. The van der Waals surface area contributed by atoms with E-state index >= 15 is 0 Å². The zero-order valence-corrected chi connectivity index (χ0v) is 17.7. The second-order valence-corrected chi connectivity index (χ2v) is 10.0. The lowest BCUT2D eigenvalue weighted by molar-refractivity contribution is 0.167. The summed E-state index contributed by atoms with van der Waals surface area (Å²) in [4.78, 5) is 5.20. The van der Waals surface area contributed by atoms with Gasteiger partial charge in [0.15, 0.2) is 0 Å². The van der Waals surface area contributed by atoms with Crippen molar-refractivity contribution in [3.05, 3.63) is 60.2 Å². The van der Waals surface area contributed by atoms with Crippen LogP contribution in [0.2, 0.25) is 0 Å². The molecular formula is C23H31N3O2S. The average molecular weight is 414 g/mol. The molecule has 0 aromatic heterocycles. The van der Waals surface area contributed by atoms with Gasteiger partial charge in [-0.1, -0.05) is 30.3 Å². The number of primary sulfonamides is 1. The van der Waals surface area contributed by atoms with Gasteiger partial charge in [-0.2, -0.15) is 0 Å². The minimum absolute atomic E-state index is 0.175. The predicted octanol–water partition coefficient (Wildman–Crippen LogP) is 3.43. The number of hydrogen-bond donors (Lipinski definition) is 1. The summed E-state index contributed by atoms with van der Waals surface area (Å²) < 4.78 is 22.9. The normalized spacial score (nSPS) is 22.0. The van der Waals surface area contributed by atoms with Gasteiger partial charge in [0.25, 0.3) is 0 Å². The van der Waals surface area contributed by atoms with Gasteiger partial charge in [-0.25, -0.2) is 13.6 Å². The van der Waals surface area contributed by atoms with Crippen LogP contribution >= 0.6 is 0 Å². The van der Waals surface area contributed by atoms with Gasteiger partial charge in [0.2, 0.25) is 10.0 Å². The lowest BCUT2D eigenvalue weighted by Crippen LogP contribution is -2.42. The number of rotatable bonds is 5. The highest BCUT2D eigenvalue weighted by atomic mass is 32.2. The van der Waals surface area contributed by atoms with Crippen LogP contribution in [0.4, 0.5) is 5.69 Å². The Balaban J connectivity index is 1.29. The fraction of sp³-hybridized carbons (Fsp3) is 0.478. The number of benzene rings is 2. The molecule has 6 heteroatoms. The number of hydrogen-bond acceptors (Lipinski definition) is 4. The van der Waals surface area contributed by atoms with Crippen LogP contribution in [0, 0.1) is 5.92 Å². The van der Waals surface area contributed by atoms with E-state index in [1.54, 1.807) is 12.1 Å². The van der Waals surface area contributed by atoms with Crippen molar-refractivity contribution in [1.82, 2.24) is 4.90 Å². The summed E-state index contributed by atoms with van der Waals surface area (Å²) in [7, 11) is -3.62. The quantitative estimate of drug-likeness (QED) is 0.816. The summed E-state index contributed by atoms with van der Waals surface area (Å²) in [6.45, 7) is 5.64. The molecule has 2 saturated heterocycles. The molecule has 2 fully saturated rings. The smallest absolute Gasteiger partial charge is 0.238 e. The van der Waals surface area contributed by atoms with Crippen molar-refractivity contribution in [3.63, 3.8) is 0 Å². The van der Waals surface area contributed by atoms with Crippen molar-refractivity contribution < 1.29 is 8.42 Å². The maximum Gasteiger partial charge on any atom is 0.238 e. The lowest BCUT2D eigenvalue weighted by Gasteiger charge is -2.39. The molecule has 5 nitrogen and oxygen atoms in total. The van der Waals surface area contributed by atoms with Gasteiger partial charge >= 0.3 is 0 Å². The van der Waals surface area contributed by atoms with Crippen molar-refractivity contribution in [2.75, 3.05) is 37.6 Å². The van der Waals surface area contributed by atoms with Gasteiger partial charge in [-0.3, -0.25) is 0 Å². The molecule has 0 radical (unpaired) electrons. The van der Waals surface area contributed by atoms with Crippen LogP contribution in [0.3, 0.4) is 0 Å². The van der Waals surface area contributed by atoms with Gasteiger partial charge in [0.1, 0.15) is 0 Å². The molecule has 0 saturated carbocycles. The van der Waals surface area contributed by atoms with E-state index in [2.05, 4.69) is 40.1 Å². The fourth-order valence-electron chi connectivity index (χ4n) is 4.80. The highest BCUT2D eigenvalue weighted by Gasteiger charge is 2.26. The standard InChI is InChI=1S/C23H31N3O2S/c24-29(27,28)23-10-8-22(9-11-23)26-15-12-19(13-16-26)17-25-14-4-7-21(18-25)20-5-2-1-3-6-20/h1-3,5-6,8-11,19,21H,4,7,12-18H2,(H2,24,27,28). The van der Waals surface area contributed by atoms with E-state index < -0.39 is 10.0 Å². The summed E-state index contributed by atoms with van der Waals surface area (Å²) in [5.41, 5.74) is 2.56. The second-order valence-electron chi connectivity index (χ2n) is 8.48. The Kier molecular flexibility index (Phi) is 6.23. The summed E-state index contributed by atoms with van der Waals surface area (Å²) in [5.74, 6) is 1.41. The monoisotopic (exact) mass is 413 g/mol. The number of nitrogens with zero attached hydrogens (tertiary/aromatic N) is 2. The number of sulfonamides is 1. The first kappa shape index (κ1) is 20.4. The van der Waals surface area contributed by atoms with Crippen LogP contribution < -0.4 is 10.0 Å². The van der Waals surface area contributed by atoms with Crippen molar-refractivity contribution in [2.45, 2.75) is 36.5 Å². The number of nitrogens with two attached hydrogens (primary N) is 1. The largest absolute Gasteiger partial charge is 0.372 e. The molecule has 0 spiro atoms. The minimum atomic E-state index is -3.62. The van der Waals surface area contributed by atoms with Crippen molar-refractivity contribution in [2.24, 2.45) is 11.1 Å². The van der Waals surface area contributed by atoms with E-state index in [1.165, 1.54) is 50.9 Å². The lowest BCUT2D eigenvalue weighted by atomic mass is 9.89. The Morgan fingerprint density at radius 1 is 0.897 bits per heavy atom. The van der Waals surface area contributed by atoms with E-state index in [0.717, 1.165) is 24.7 Å². The Hall–Kier alpha value is -1.89. The van der Waals surface area contributed by atoms with Gasteiger partial charge in [-0.15, -0.1) is 0 Å². The number of piperidine rings is 2. The maximum absolute atomic E-state index is 11.4. The maximum atomic E-state index is 11.4. The Labute approximate surface area is 174 Å². The van der Waals surface area contributed by atoms with Crippen LogP contribution in [0.5, 0.6) is 0 Å². The first-order chi connectivity index (χ1) is 14.0. The molecule has 0 bridgehead atoms. The SMILES string of the molecule is NS(=O)(=O)c1ccc(N2CCC(CN3CCCC(c4ccccc4)C3)CC2)cc1. The average Bonchev–Trinajstić information content (AvgIpc) is 2.75. The molecule has 0 amide bonds.